The lowest BCUT2D eigenvalue weighted by molar-refractivity contribution is -0.119. The fourth-order valence-electron chi connectivity index (χ4n) is 2.43. The molecule has 1 aromatic heterocycles. The second-order valence-electron chi connectivity index (χ2n) is 5.88. The summed E-state index contributed by atoms with van der Waals surface area (Å²) in [5.74, 6) is -0.599. The van der Waals surface area contributed by atoms with Crippen molar-refractivity contribution in [3.05, 3.63) is 89.7 Å². The second-order valence-corrected chi connectivity index (χ2v) is 8.18. The summed E-state index contributed by atoms with van der Waals surface area (Å²) in [5, 5.41) is 4.46. The Hall–Kier alpha value is -3.23. The third kappa shape index (κ3) is 5.40. The molecule has 0 aliphatic rings. The van der Waals surface area contributed by atoms with Crippen molar-refractivity contribution >= 4 is 39.4 Å². The molecule has 148 valence electrons. The van der Waals surface area contributed by atoms with Crippen LogP contribution in [0.4, 0.5) is 5.69 Å². The molecule has 0 atom stereocenters. The zero-order chi connectivity index (χ0) is 20.7. The highest BCUT2D eigenvalue weighted by molar-refractivity contribution is 7.92. The molecule has 0 fully saturated rings. The minimum absolute atomic E-state index is 0.0707. The highest BCUT2D eigenvalue weighted by Gasteiger charge is 2.27. The van der Waals surface area contributed by atoms with Crippen LogP contribution in [0.3, 0.4) is 0 Å². The summed E-state index contributed by atoms with van der Waals surface area (Å²) < 4.78 is 27.1. The maximum atomic E-state index is 13.1. The van der Waals surface area contributed by atoms with Crippen LogP contribution in [0.1, 0.15) is 5.56 Å². The van der Waals surface area contributed by atoms with E-state index in [4.69, 9.17) is 11.6 Å². The van der Waals surface area contributed by atoms with E-state index in [9.17, 15) is 13.2 Å². The zero-order valence-corrected chi connectivity index (χ0v) is 16.7. The first-order valence-corrected chi connectivity index (χ1v) is 10.3. The average molecular weight is 429 g/mol. The molecular weight excluding hydrogens is 412 g/mol. The van der Waals surface area contributed by atoms with Crippen molar-refractivity contribution in [3.63, 3.8) is 0 Å². The number of carbonyl (C=O) groups is 1. The Morgan fingerprint density at radius 3 is 2.45 bits per heavy atom. The lowest BCUT2D eigenvalue weighted by atomic mass is 10.2. The fourth-order valence-corrected chi connectivity index (χ4v) is 3.98. The lowest BCUT2D eigenvalue weighted by Gasteiger charge is -2.23. The van der Waals surface area contributed by atoms with E-state index < -0.39 is 22.5 Å². The molecule has 29 heavy (non-hydrogen) atoms. The first kappa shape index (κ1) is 20.5. The largest absolute Gasteiger partial charge is 0.271 e. The Balaban J connectivity index is 1.78. The summed E-state index contributed by atoms with van der Waals surface area (Å²) in [6.07, 6.45) is 4.34. The van der Waals surface area contributed by atoms with Gasteiger partial charge in [-0.15, -0.1) is 0 Å². The molecular formula is C20H17ClN4O3S. The number of hydrazone groups is 1. The lowest BCUT2D eigenvalue weighted by Crippen LogP contribution is -2.39. The van der Waals surface area contributed by atoms with Crippen LogP contribution >= 0.6 is 11.6 Å². The quantitative estimate of drug-likeness (QED) is 0.462. The number of hydrogen-bond acceptors (Lipinski definition) is 5. The van der Waals surface area contributed by atoms with Gasteiger partial charge in [0.25, 0.3) is 15.9 Å². The number of nitrogens with zero attached hydrogens (tertiary/aromatic N) is 3. The monoisotopic (exact) mass is 428 g/mol. The Morgan fingerprint density at radius 2 is 1.79 bits per heavy atom. The molecule has 1 heterocycles. The van der Waals surface area contributed by atoms with E-state index in [1.807, 2.05) is 0 Å². The standard InChI is InChI=1S/C20H17ClN4O3S/c21-17-10-8-16(9-11-17)13-23-24-20(26)15-25(18-5-4-12-22-14-18)29(27,28)19-6-2-1-3-7-19/h1-14H,15H2,(H,24,26). The Bertz CT molecular complexity index is 1090. The van der Waals surface area contributed by atoms with Crippen molar-refractivity contribution < 1.29 is 13.2 Å². The van der Waals surface area contributed by atoms with Gasteiger partial charge in [-0.1, -0.05) is 41.9 Å². The van der Waals surface area contributed by atoms with Gasteiger partial charge in [-0.3, -0.25) is 14.1 Å². The van der Waals surface area contributed by atoms with Crippen molar-refractivity contribution in [2.24, 2.45) is 5.10 Å². The fraction of sp³-hybridized carbons (Fsp3) is 0.0500. The summed E-state index contributed by atoms with van der Waals surface area (Å²) in [7, 11) is -3.97. The molecule has 1 amide bonds. The molecule has 3 rings (SSSR count). The van der Waals surface area contributed by atoms with Crippen LogP contribution in [0.2, 0.25) is 5.02 Å². The molecule has 2 aromatic carbocycles. The number of sulfonamides is 1. The minimum Gasteiger partial charge on any atom is -0.271 e. The van der Waals surface area contributed by atoms with E-state index in [1.54, 1.807) is 54.6 Å². The van der Waals surface area contributed by atoms with Crippen LogP contribution in [0, 0.1) is 0 Å². The van der Waals surface area contributed by atoms with Crippen molar-refractivity contribution in [2.75, 3.05) is 10.8 Å². The number of anilines is 1. The number of aromatic nitrogens is 1. The van der Waals surface area contributed by atoms with Crippen LogP contribution in [-0.4, -0.2) is 32.1 Å². The van der Waals surface area contributed by atoms with Gasteiger partial charge >= 0.3 is 0 Å². The van der Waals surface area contributed by atoms with Crippen LogP contribution in [0.5, 0.6) is 0 Å². The number of amides is 1. The van der Waals surface area contributed by atoms with Gasteiger partial charge in [0.2, 0.25) is 0 Å². The Morgan fingerprint density at radius 1 is 1.07 bits per heavy atom. The van der Waals surface area contributed by atoms with Gasteiger partial charge in [-0.2, -0.15) is 5.10 Å². The number of rotatable bonds is 7. The highest BCUT2D eigenvalue weighted by atomic mass is 35.5. The SMILES string of the molecule is O=C(CN(c1cccnc1)S(=O)(=O)c1ccccc1)NN=Cc1ccc(Cl)cc1. The summed E-state index contributed by atoms with van der Waals surface area (Å²) in [6.45, 7) is -0.457. The number of carbonyl (C=O) groups excluding carboxylic acids is 1. The Labute approximate surface area is 173 Å². The molecule has 3 aromatic rings. The summed E-state index contributed by atoms with van der Waals surface area (Å²) in [6, 6.07) is 17.9. The number of nitrogens with one attached hydrogen (secondary N) is 1. The Kier molecular flexibility index (Phi) is 6.58. The van der Waals surface area contributed by atoms with Crippen LogP contribution in [0.15, 0.2) is 89.1 Å². The normalized spacial score (nSPS) is 11.3. The molecule has 0 bridgehead atoms. The van der Waals surface area contributed by atoms with E-state index in [1.165, 1.54) is 30.7 Å². The van der Waals surface area contributed by atoms with Crippen LogP contribution in [-0.2, 0) is 14.8 Å². The smallest absolute Gasteiger partial charge is 0.264 e. The molecule has 0 saturated carbocycles. The van der Waals surface area contributed by atoms with E-state index in [0.717, 1.165) is 9.87 Å². The molecule has 0 spiro atoms. The average Bonchev–Trinajstić information content (AvgIpc) is 2.74. The van der Waals surface area contributed by atoms with Gasteiger partial charge in [-0.05, 0) is 42.0 Å². The number of hydrogen-bond donors (Lipinski definition) is 1. The topological polar surface area (TPSA) is 91.7 Å². The van der Waals surface area contributed by atoms with Crippen LogP contribution < -0.4 is 9.73 Å². The molecule has 0 unspecified atom stereocenters. The van der Waals surface area contributed by atoms with Crippen molar-refractivity contribution in [1.82, 2.24) is 10.4 Å². The number of halogens is 1. The predicted octanol–water partition coefficient (Wildman–Crippen LogP) is 3.08. The van der Waals surface area contributed by atoms with E-state index >= 15 is 0 Å². The predicted molar refractivity (Wildman–Crippen MR) is 112 cm³/mol. The van der Waals surface area contributed by atoms with Crippen molar-refractivity contribution in [2.45, 2.75) is 4.90 Å². The summed E-state index contributed by atoms with van der Waals surface area (Å²) in [4.78, 5) is 16.4. The number of pyridine rings is 1. The molecule has 0 radical (unpaired) electrons. The molecule has 7 nitrogen and oxygen atoms in total. The third-order valence-corrected chi connectivity index (χ3v) is 5.87. The summed E-state index contributed by atoms with van der Waals surface area (Å²) >= 11 is 5.82. The van der Waals surface area contributed by atoms with Crippen LogP contribution in [0.25, 0.3) is 0 Å². The van der Waals surface area contributed by atoms with Gasteiger partial charge in [0.05, 0.1) is 23.0 Å². The summed E-state index contributed by atoms with van der Waals surface area (Å²) in [5.41, 5.74) is 3.34. The van der Waals surface area contributed by atoms with Crippen molar-refractivity contribution in [3.8, 4) is 0 Å². The molecule has 0 saturated heterocycles. The first-order valence-electron chi connectivity index (χ1n) is 8.52. The van der Waals surface area contributed by atoms with Gasteiger partial charge in [0.15, 0.2) is 0 Å². The molecule has 0 aliphatic carbocycles. The minimum atomic E-state index is -3.97. The van der Waals surface area contributed by atoms with Crippen molar-refractivity contribution in [1.29, 1.82) is 0 Å². The highest BCUT2D eigenvalue weighted by Crippen LogP contribution is 2.22. The van der Waals surface area contributed by atoms with E-state index in [2.05, 4.69) is 15.5 Å². The van der Waals surface area contributed by atoms with Gasteiger partial charge < -0.3 is 0 Å². The maximum absolute atomic E-state index is 13.1. The number of benzene rings is 2. The molecule has 0 aliphatic heterocycles. The zero-order valence-electron chi connectivity index (χ0n) is 15.1. The van der Waals surface area contributed by atoms with E-state index in [-0.39, 0.29) is 10.6 Å². The van der Waals surface area contributed by atoms with Gasteiger partial charge in [0.1, 0.15) is 6.54 Å². The molecule has 9 heteroatoms. The van der Waals surface area contributed by atoms with Gasteiger partial charge in [-0.25, -0.2) is 13.8 Å². The first-order chi connectivity index (χ1) is 14.0. The maximum Gasteiger partial charge on any atom is 0.264 e. The van der Waals surface area contributed by atoms with E-state index in [0.29, 0.717) is 5.02 Å². The molecule has 1 N–H and O–H groups in total. The second kappa shape index (κ2) is 9.31. The third-order valence-electron chi connectivity index (χ3n) is 3.83. The van der Waals surface area contributed by atoms with Gasteiger partial charge in [0, 0.05) is 11.2 Å².